The molecule has 2 aromatic carbocycles. The summed E-state index contributed by atoms with van der Waals surface area (Å²) in [5, 5.41) is 0.981. The highest BCUT2D eigenvalue weighted by atomic mass is 35.5. The van der Waals surface area contributed by atoms with Crippen LogP contribution in [0.3, 0.4) is 0 Å². The van der Waals surface area contributed by atoms with Crippen LogP contribution in [0.25, 0.3) is 11.4 Å². The van der Waals surface area contributed by atoms with Crippen LogP contribution in [0.15, 0.2) is 36.4 Å². The molecular formula is C27H34Cl2N2. The highest BCUT2D eigenvalue weighted by Gasteiger charge is 2.25. The van der Waals surface area contributed by atoms with Crippen molar-refractivity contribution in [3.63, 3.8) is 0 Å². The Balaban J connectivity index is 2.38. The molecule has 0 radical (unpaired) electrons. The van der Waals surface area contributed by atoms with Crippen molar-refractivity contribution < 1.29 is 4.57 Å². The normalized spacial score (nSPS) is 12.1. The van der Waals surface area contributed by atoms with Crippen LogP contribution in [-0.2, 0) is 0 Å². The summed E-state index contributed by atoms with van der Waals surface area (Å²) in [4.78, 5) is 0. The van der Waals surface area contributed by atoms with Gasteiger partial charge in [0.2, 0.25) is 0 Å². The summed E-state index contributed by atoms with van der Waals surface area (Å²) in [6, 6.07) is 13.0. The van der Waals surface area contributed by atoms with Crippen molar-refractivity contribution >= 4 is 23.2 Å². The average Bonchev–Trinajstić information content (AvgIpc) is 3.00. The van der Waals surface area contributed by atoms with Crippen LogP contribution in [0.1, 0.15) is 101 Å². The summed E-state index contributed by atoms with van der Waals surface area (Å²) >= 11 is 13.8. The average molecular weight is 457 g/mol. The van der Waals surface area contributed by atoms with E-state index < -0.39 is 0 Å². The first-order valence-corrected chi connectivity index (χ1v) is 12.0. The first kappa shape index (κ1) is 23.9. The molecule has 0 unspecified atom stereocenters. The van der Waals surface area contributed by atoms with Crippen LogP contribution < -0.4 is 4.57 Å². The molecule has 0 fully saturated rings. The van der Waals surface area contributed by atoms with E-state index in [1.807, 2.05) is 9.13 Å². The zero-order valence-electron chi connectivity index (χ0n) is 19.9. The molecule has 0 atom stereocenters. The fourth-order valence-electron chi connectivity index (χ4n) is 4.21. The van der Waals surface area contributed by atoms with Gasteiger partial charge >= 0.3 is 0 Å². The van der Waals surface area contributed by atoms with E-state index in [-0.39, 0.29) is 0 Å². The third-order valence-electron chi connectivity index (χ3n) is 5.89. The Morgan fingerprint density at radius 3 is 1.45 bits per heavy atom. The number of halogens is 2. The topological polar surface area (TPSA) is 8.81 Å². The fraction of sp³-hybridized carbons (Fsp3) is 0.444. The first-order chi connectivity index (χ1) is 14.6. The van der Waals surface area contributed by atoms with Crippen molar-refractivity contribution in [2.45, 2.75) is 79.1 Å². The van der Waals surface area contributed by atoms with Gasteiger partial charge in [-0.15, -0.1) is 0 Å². The number of nitrogens with zero attached hydrogens (tertiary/aromatic N) is 2. The van der Waals surface area contributed by atoms with Crippen molar-refractivity contribution in [1.82, 2.24) is 4.57 Å². The highest BCUT2D eigenvalue weighted by molar-refractivity contribution is 6.40. The molecule has 3 aromatic rings. The molecule has 0 aliphatic heterocycles. The minimum Gasteiger partial charge on any atom is -0.281 e. The number of hydrogen-bond donors (Lipinski definition) is 0. The Bertz CT molecular complexity index is 939. The number of aromatic nitrogens is 2. The van der Waals surface area contributed by atoms with Gasteiger partial charge in [-0.25, -0.2) is 0 Å². The van der Waals surface area contributed by atoms with Crippen LogP contribution in [0.2, 0.25) is 10.3 Å². The van der Waals surface area contributed by atoms with Crippen LogP contribution in [0.5, 0.6) is 0 Å². The summed E-state index contributed by atoms with van der Waals surface area (Å²) in [5.74, 6) is 1.40. The van der Waals surface area contributed by atoms with Crippen LogP contribution in [0, 0.1) is 6.33 Å². The van der Waals surface area contributed by atoms with Gasteiger partial charge in [-0.05, 0) is 45.9 Å². The third-order valence-corrected chi connectivity index (χ3v) is 6.69. The van der Waals surface area contributed by atoms with Gasteiger partial charge in [0.1, 0.15) is 0 Å². The van der Waals surface area contributed by atoms with Crippen LogP contribution >= 0.6 is 23.2 Å². The third kappa shape index (κ3) is 4.43. The molecule has 0 bridgehead atoms. The maximum absolute atomic E-state index is 6.89. The maximum Gasteiger partial charge on any atom is 0.271 e. The number of hydrogen-bond acceptors (Lipinski definition) is 0. The molecular weight excluding hydrogens is 423 g/mol. The van der Waals surface area contributed by atoms with Gasteiger partial charge in [0.05, 0.1) is 11.4 Å². The Labute approximate surface area is 197 Å². The zero-order chi connectivity index (χ0) is 23.0. The molecule has 0 saturated carbocycles. The first-order valence-electron chi connectivity index (χ1n) is 11.2. The van der Waals surface area contributed by atoms with Gasteiger partial charge in [0.15, 0.2) is 10.3 Å². The van der Waals surface area contributed by atoms with Gasteiger partial charge in [0, 0.05) is 0 Å². The molecule has 0 spiro atoms. The fourth-order valence-corrected chi connectivity index (χ4v) is 4.62. The predicted molar refractivity (Wildman–Crippen MR) is 133 cm³/mol. The minimum atomic E-state index is 0.349. The number of rotatable bonds is 6. The van der Waals surface area contributed by atoms with E-state index in [1.54, 1.807) is 0 Å². The second kappa shape index (κ2) is 9.38. The Kier molecular flexibility index (Phi) is 7.23. The number of para-hydroxylation sites is 2. The largest absolute Gasteiger partial charge is 0.281 e. The highest BCUT2D eigenvalue weighted by Crippen LogP contribution is 2.36. The van der Waals surface area contributed by atoms with E-state index in [4.69, 9.17) is 23.2 Å². The monoisotopic (exact) mass is 456 g/mol. The lowest BCUT2D eigenvalue weighted by Gasteiger charge is -2.21. The summed E-state index contributed by atoms with van der Waals surface area (Å²) in [6.45, 7) is 17.7. The van der Waals surface area contributed by atoms with Gasteiger partial charge < -0.3 is 0 Å². The van der Waals surface area contributed by atoms with Crippen molar-refractivity contribution in [2.75, 3.05) is 0 Å². The van der Waals surface area contributed by atoms with Gasteiger partial charge in [0.25, 0.3) is 6.33 Å². The van der Waals surface area contributed by atoms with E-state index in [1.165, 1.54) is 22.3 Å². The molecule has 0 aliphatic carbocycles. The van der Waals surface area contributed by atoms with Gasteiger partial charge in [-0.2, -0.15) is 0 Å². The van der Waals surface area contributed by atoms with E-state index in [9.17, 15) is 0 Å². The number of imidazole rings is 1. The summed E-state index contributed by atoms with van der Waals surface area (Å²) < 4.78 is 3.91. The van der Waals surface area contributed by atoms with Crippen LogP contribution in [0.4, 0.5) is 0 Å². The molecule has 0 aliphatic rings. The Hall–Kier alpha value is -1.77. The molecule has 31 heavy (non-hydrogen) atoms. The molecule has 1 aromatic heterocycles. The zero-order valence-corrected chi connectivity index (χ0v) is 21.4. The lowest BCUT2D eigenvalue weighted by Crippen LogP contribution is -2.34. The molecule has 1 heterocycles. The van der Waals surface area contributed by atoms with Crippen molar-refractivity contribution in [1.29, 1.82) is 0 Å². The van der Waals surface area contributed by atoms with Crippen molar-refractivity contribution in [2.24, 2.45) is 0 Å². The molecule has 166 valence electrons. The smallest absolute Gasteiger partial charge is 0.271 e. The standard InChI is InChI=1S/C27H34Cl2N2/c1-16(2)20-11-9-12-21(17(3)4)24(20)30-15-31(27(29)26(30)28)25-22(18(5)6)13-10-14-23(25)19(7)8/h9-14,16-19H,1-8H3. The van der Waals surface area contributed by atoms with Gasteiger partial charge in [-0.3, -0.25) is 9.13 Å². The lowest BCUT2D eigenvalue weighted by atomic mass is 9.92. The summed E-state index contributed by atoms with van der Waals surface area (Å²) in [7, 11) is 0. The molecule has 0 N–H and O–H groups in total. The predicted octanol–water partition coefficient (Wildman–Crippen LogP) is 8.35. The van der Waals surface area contributed by atoms with E-state index in [0.717, 1.165) is 11.4 Å². The second-order valence-electron chi connectivity index (χ2n) is 9.54. The molecule has 0 amide bonds. The quantitative estimate of drug-likeness (QED) is 0.260. The summed E-state index contributed by atoms with van der Waals surface area (Å²) in [6.07, 6.45) is 3.53. The minimum absolute atomic E-state index is 0.349. The van der Waals surface area contributed by atoms with E-state index >= 15 is 0 Å². The Morgan fingerprint density at radius 2 is 1.06 bits per heavy atom. The second-order valence-corrected chi connectivity index (χ2v) is 10.3. The van der Waals surface area contributed by atoms with Crippen molar-refractivity contribution in [3.8, 4) is 11.4 Å². The lowest BCUT2D eigenvalue weighted by molar-refractivity contribution is -0.598. The molecule has 2 nitrogen and oxygen atoms in total. The van der Waals surface area contributed by atoms with Gasteiger partial charge in [-0.1, -0.05) is 115 Å². The Morgan fingerprint density at radius 1 is 0.677 bits per heavy atom. The van der Waals surface area contributed by atoms with Crippen molar-refractivity contribution in [3.05, 3.63) is 75.3 Å². The molecule has 3 rings (SSSR count). The van der Waals surface area contributed by atoms with E-state index in [2.05, 4.69) is 98.1 Å². The number of benzene rings is 2. The van der Waals surface area contributed by atoms with E-state index in [0.29, 0.717) is 34.0 Å². The SMILES string of the molecule is CC(C)c1cccc(C(C)C)c1-n1[c-][n+](-c2c(C(C)C)cccc2C(C)C)c(Cl)c1Cl. The molecule has 4 heteroatoms. The maximum atomic E-state index is 6.89. The molecule has 0 saturated heterocycles. The summed E-state index contributed by atoms with van der Waals surface area (Å²) in [5.41, 5.74) is 7.14. The van der Waals surface area contributed by atoms with Crippen LogP contribution in [-0.4, -0.2) is 4.57 Å².